The van der Waals surface area contributed by atoms with Crippen LogP contribution in [-0.4, -0.2) is 6.61 Å². The van der Waals surface area contributed by atoms with Crippen molar-refractivity contribution in [2.24, 2.45) is 5.73 Å². The molecule has 0 bridgehead atoms. The Bertz CT molecular complexity index is 576. The van der Waals surface area contributed by atoms with Gasteiger partial charge < -0.3 is 10.5 Å². The van der Waals surface area contributed by atoms with E-state index in [1.165, 1.54) is 22.3 Å². The summed E-state index contributed by atoms with van der Waals surface area (Å²) in [5.41, 5.74) is 11.5. The van der Waals surface area contributed by atoms with E-state index in [9.17, 15) is 0 Å². The lowest BCUT2D eigenvalue weighted by atomic mass is 9.91. The van der Waals surface area contributed by atoms with Crippen LogP contribution in [0, 0.1) is 6.92 Å². The molecule has 1 aliphatic heterocycles. The van der Waals surface area contributed by atoms with Gasteiger partial charge in [-0.1, -0.05) is 54.1 Å². The molecule has 20 heavy (non-hydrogen) atoms. The lowest BCUT2D eigenvalue weighted by Gasteiger charge is -2.28. The van der Waals surface area contributed by atoms with Gasteiger partial charge in [-0.25, -0.2) is 0 Å². The molecule has 3 rings (SSSR count). The number of rotatable bonds is 3. The molecule has 2 unspecified atom stereocenters. The molecule has 0 aliphatic carbocycles. The normalized spacial score (nSPS) is 19.4. The van der Waals surface area contributed by atoms with Crippen LogP contribution in [0.25, 0.3) is 0 Å². The lowest BCUT2D eigenvalue weighted by Crippen LogP contribution is -2.21. The highest BCUT2D eigenvalue weighted by Gasteiger charge is 2.23. The van der Waals surface area contributed by atoms with E-state index in [0.29, 0.717) is 0 Å². The number of hydrogen-bond acceptors (Lipinski definition) is 2. The van der Waals surface area contributed by atoms with E-state index >= 15 is 0 Å². The third-order valence-electron chi connectivity index (χ3n) is 4.07. The first kappa shape index (κ1) is 13.3. The van der Waals surface area contributed by atoms with E-state index in [1.54, 1.807) is 0 Å². The predicted octanol–water partition coefficient (Wildman–Crippen LogP) is 3.70. The van der Waals surface area contributed by atoms with Crippen LogP contribution >= 0.6 is 0 Å². The van der Waals surface area contributed by atoms with Gasteiger partial charge in [0.15, 0.2) is 0 Å². The number of benzene rings is 2. The summed E-state index contributed by atoms with van der Waals surface area (Å²) in [5, 5.41) is 0. The summed E-state index contributed by atoms with van der Waals surface area (Å²) in [5.74, 6) is 0. The van der Waals surface area contributed by atoms with Crippen molar-refractivity contribution in [2.45, 2.75) is 31.9 Å². The van der Waals surface area contributed by atoms with Gasteiger partial charge in [-0.2, -0.15) is 0 Å². The van der Waals surface area contributed by atoms with Gasteiger partial charge in [0, 0.05) is 6.04 Å². The summed E-state index contributed by atoms with van der Waals surface area (Å²) in [6, 6.07) is 17.0. The topological polar surface area (TPSA) is 35.2 Å². The Hall–Kier alpha value is -1.64. The second-order valence-corrected chi connectivity index (χ2v) is 5.56. The molecule has 2 aromatic carbocycles. The summed E-state index contributed by atoms with van der Waals surface area (Å²) >= 11 is 0. The van der Waals surface area contributed by atoms with Crippen molar-refractivity contribution in [3.63, 3.8) is 0 Å². The van der Waals surface area contributed by atoms with Gasteiger partial charge in [0.2, 0.25) is 0 Å². The molecule has 1 aliphatic rings. The largest absolute Gasteiger partial charge is 0.373 e. The van der Waals surface area contributed by atoms with Gasteiger partial charge in [-0.05, 0) is 36.5 Å². The Morgan fingerprint density at radius 3 is 2.70 bits per heavy atom. The molecule has 2 atom stereocenters. The maximum atomic E-state index is 6.35. The molecule has 2 N–H and O–H groups in total. The Balaban J connectivity index is 1.77. The van der Waals surface area contributed by atoms with Gasteiger partial charge in [-0.3, -0.25) is 0 Å². The molecule has 0 saturated carbocycles. The molecule has 0 amide bonds. The third-order valence-corrected chi connectivity index (χ3v) is 4.07. The van der Waals surface area contributed by atoms with Crippen LogP contribution in [-0.2, 0) is 11.2 Å². The van der Waals surface area contributed by atoms with Crippen LogP contribution in [0.15, 0.2) is 48.5 Å². The number of ether oxygens (including phenoxy) is 1. The quantitative estimate of drug-likeness (QED) is 0.920. The maximum absolute atomic E-state index is 6.35. The summed E-state index contributed by atoms with van der Waals surface area (Å²) in [6.07, 6.45) is 1.96. The van der Waals surface area contributed by atoms with Crippen LogP contribution in [0.2, 0.25) is 0 Å². The predicted molar refractivity (Wildman–Crippen MR) is 81.6 cm³/mol. The molecule has 2 heteroatoms. The van der Waals surface area contributed by atoms with Gasteiger partial charge in [0.1, 0.15) is 0 Å². The van der Waals surface area contributed by atoms with Crippen LogP contribution in [0.3, 0.4) is 0 Å². The molecule has 0 aromatic heterocycles. The average Bonchev–Trinajstić information content (AvgIpc) is 2.48. The Kier molecular flexibility index (Phi) is 3.86. The van der Waals surface area contributed by atoms with Crippen molar-refractivity contribution < 1.29 is 4.74 Å². The highest BCUT2D eigenvalue weighted by Crippen LogP contribution is 2.33. The van der Waals surface area contributed by atoms with E-state index in [2.05, 4.69) is 55.5 Å². The number of nitrogens with two attached hydrogens (primary N) is 1. The van der Waals surface area contributed by atoms with Gasteiger partial charge in [0.25, 0.3) is 0 Å². The average molecular weight is 267 g/mol. The molecule has 1 heterocycles. The minimum absolute atomic E-state index is 0.0201. The second kappa shape index (κ2) is 5.78. The van der Waals surface area contributed by atoms with E-state index in [-0.39, 0.29) is 12.1 Å². The zero-order valence-electron chi connectivity index (χ0n) is 11.9. The van der Waals surface area contributed by atoms with Crippen molar-refractivity contribution in [1.29, 1.82) is 0 Å². The van der Waals surface area contributed by atoms with E-state index in [4.69, 9.17) is 10.5 Å². The first-order valence-corrected chi connectivity index (χ1v) is 7.25. The van der Waals surface area contributed by atoms with Crippen LogP contribution in [0.1, 0.15) is 40.8 Å². The van der Waals surface area contributed by atoms with Gasteiger partial charge in [-0.15, -0.1) is 0 Å². The summed E-state index contributed by atoms with van der Waals surface area (Å²) in [7, 11) is 0. The first-order chi connectivity index (χ1) is 9.74. The SMILES string of the molecule is Cc1ccc(C(N)CC2OCCc3ccccc32)cc1. The van der Waals surface area contributed by atoms with Crippen molar-refractivity contribution >= 4 is 0 Å². The monoisotopic (exact) mass is 267 g/mol. The highest BCUT2D eigenvalue weighted by molar-refractivity contribution is 5.32. The summed E-state index contributed by atoms with van der Waals surface area (Å²) < 4.78 is 5.94. The minimum Gasteiger partial charge on any atom is -0.373 e. The maximum Gasteiger partial charge on any atom is 0.0845 e. The van der Waals surface area contributed by atoms with Crippen molar-refractivity contribution in [3.8, 4) is 0 Å². The van der Waals surface area contributed by atoms with E-state index in [0.717, 1.165) is 19.4 Å². The van der Waals surface area contributed by atoms with E-state index < -0.39 is 0 Å². The lowest BCUT2D eigenvalue weighted by molar-refractivity contribution is 0.0320. The van der Waals surface area contributed by atoms with Gasteiger partial charge >= 0.3 is 0 Å². The Morgan fingerprint density at radius 1 is 1.15 bits per heavy atom. The van der Waals surface area contributed by atoms with Crippen LogP contribution in [0.5, 0.6) is 0 Å². The number of fused-ring (bicyclic) bond motifs is 1. The molecular weight excluding hydrogens is 246 g/mol. The molecule has 2 nitrogen and oxygen atoms in total. The molecule has 0 saturated heterocycles. The zero-order chi connectivity index (χ0) is 13.9. The minimum atomic E-state index is 0.0201. The standard InChI is InChI=1S/C18H21NO/c1-13-6-8-15(9-7-13)17(19)12-18-16-5-3-2-4-14(16)10-11-20-18/h2-9,17-18H,10-12,19H2,1H3. The molecular formula is C18H21NO. The highest BCUT2D eigenvalue weighted by atomic mass is 16.5. The fraction of sp³-hybridized carbons (Fsp3) is 0.333. The molecule has 0 fully saturated rings. The van der Waals surface area contributed by atoms with Crippen molar-refractivity contribution in [2.75, 3.05) is 6.61 Å². The number of aryl methyl sites for hydroxylation is 1. The van der Waals surface area contributed by atoms with E-state index in [1.807, 2.05) is 0 Å². The number of hydrogen-bond donors (Lipinski definition) is 1. The second-order valence-electron chi connectivity index (χ2n) is 5.56. The summed E-state index contributed by atoms with van der Waals surface area (Å²) in [6.45, 7) is 2.89. The third kappa shape index (κ3) is 2.77. The molecule has 0 radical (unpaired) electrons. The van der Waals surface area contributed by atoms with Crippen molar-refractivity contribution in [1.82, 2.24) is 0 Å². The summed E-state index contributed by atoms with van der Waals surface area (Å²) in [4.78, 5) is 0. The van der Waals surface area contributed by atoms with Crippen molar-refractivity contribution in [3.05, 3.63) is 70.8 Å². The van der Waals surface area contributed by atoms with Gasteiger partial charge in [0.05, 0.1) is 12.7 Å². The van der Waals surface area contributed by atoms with Crippen LogP contribution in [0.4, 0.5) is 0 Å². The first-order valence-electron chi connectivity index (χ1n) is 7.25. The molecule has 0 spiro atoms. The fourth-order valence-corrected chi connectivity index (χ4v) is 2.85. The van der Waals surface area contributed by atoms with Crippen LogP contribution < -0.4 is 5.73 Å². The fourth-order valence-electron chi connectivity index (χ4n) is 2.85. The Labute approximate surface area is 120 Å². The Morgan fingerprint density at radius 2 is 1.90 bits per heavy atom. The molecule has 104 valence electrons. The zero-order valence-corrected chi connectivity index (χ0v) is 11.9. The molecule has 2 aromatic rings. The smallest absolute Gasteiger partial charge is 0.0845 e.